The fraction of sp³-hybridized carbons (Fsp3) is 0.231. The van der Waals surface area contributed by atoms with Crippen LogP contribution in [0.3, 0.4) is 0 Å². The molecule has 5 nitrogen and oxygen atoms in total. The number of ether oxygens (including phenoxy) is 1. The molecule has 2 aromatic rings. The monoisotopic (exact) mass is 277 g/mol. The maximum Gasteiger partial charge on any atom is 0.251 e. The summed E-state index contributed by atoms with van der Waals surface area (Å²) in [5.41, 5.74) is 8.48. The van der Waals surface area contributed by atoms with Crippen LogP contribution in [0.5, 0.6) is 5.75 Å². The number of nitrogens with one attached hydrogen (secondary N) is 1. The normalized spacial score (nSPS) is 10.2. The van der Waals surface area contributed by atoms with Gasteiger partial charge in [-0.1, -0.05) is 0 Å². The van der Waals surface area contributed by atoms with Crippen molar-refractivity contribution in [1.29, 1.82) is 0 Å². The number of aromatic nitrogens is 1. The molecule has 0 radical (unpaired) electrons. The van der Waals surface area contributed by atoms with E-state index in [-0.39, 0.29) is 5.91 Å². The number of carbonyl (C=O) groups is 1. The van der Waals surface area contributed by atoms with Crippen LogP contribution in [0.4, 0.5) is 5.69 Å². The highest BCUT2D eigenvalue weighted by Gasteiger charge is 2.08. The molecule has 0 spiro atoms. The lowest BCUT2D eigenvalue weighted by Gasteiger charge is -2.08. The molecule has 3 N–H and O–H groups in total. The largest absolute Gasteiger partial charge is 0.494 e. The van der Waals surface area contributed by atoms with E-state index >= 15 is 0 Å². The second-order valence-corrected chi connectivity index (χ2v) is 4.85. The van der Waals surface area contributed by atoms with Crippen LogP contribution in [-0.2, 0) is 6.54 Å². The first-order valence-electron chi connectivity index (χ1n) is 5.88. The highest BCUT2D eigenvalue weighted by molar-refractivity contribution is 7.09. The van der Waals surface area contributed by atoms with Gasteiger partial charge in [-0.15, -0.1) is 11.3 Å². The molecular weight excluding hydrogens is 262 g/mol. The zero-order valence-corrected chi connectivity index (χ0v) is 11.4. The van der Waals surface area contributed by atoms with E-state index in [1.54, 1.807) is 29.9 Å². The van der Waals surface area contributed by atoms with Gasteiger partial charge < -0.3 is 15.8 Å². The van der Waals surface area contributed by atoms with Gasteiger partial charge in [0.15, 0.2) is 0 Å². The van der Waals surface area contributed by atoms with Gasteiger partial charge in [0, 0.05) is 28.4 Å². The Morgan fingerprint density at radius 2 is 2.32 bits per heavy atom. The van der Waals surface area contributed by atoms with E-state index in [1.807, 2.05) is 6.92 Å². The summed E-state index contributed by atoms with van der Waals surface area (Å²) in [5, 5.41) is 2.82. The minimum Gasteiger partial charge on any atom is -0.494 e. The third-order valence-electron chi connectivity index (χ3n) is 2.41. The van der Waals surface area contributed by atoms with Gasteiger partial charge in [-0.05, 0) is 19.1 Å². The molecular formula is C13H15N3O2S. The number of anilines is 1. The Labute approximate surface area is 115 Å². The molecule has 19 heavy (non-hydrogen) atoms. The summed E-state index contributed by atoms with van der Waals surface area (Å²) in [6, 6.07) is 5.01. The predicted molar refractivity (Wildman–Crippen MR) is 75.3 cm³/mol. The molecule has 0 saturated heterocycles. The lowest BCUT2D eigenvalue weighted by molar-refractivity contribution is 0.0951. The number of carbonyl (C=O) groups excluding carboxylic acids is 1. The number of rotatable bonds is 5. The molecule has 0 saturated carbocycles. The predicted octanol–water partition coefficient (Wildman–Crippen LogP) is 2.05. The quantitative estimate of drug-likeness (QED) is 0.820. The Kier molecular flexibility index (Phi) is 4.35. The average molecular weight is 277 g/mol. The van der Waals surface area contributed by atoms with Gasteiger partial charge >= 0.3 is 0 Å². The molecule has 1 heterocycles. The number of nitrogens with zero attached hydrogens (tertiary/aromatic N) is 1. The third kappa shape index (κ3) is 3.69. The zero-order valence-electron chi connectivity index (χ0n) is 10.6. The summed E-state index contributed by atoms with van der Waals surface area (Å²) in [7, 11) is 0. The van der Waals surface area contributed by atoms with Crippen LogP contribution in [0.25, 0.3) is 0 Å². The molecule has 1 amide bonds. The SMILES string of the molecule is CCOc1cc(N)cc(C(=O)NCc2cncs2)c1. The number of hydrogen-bond donors (Lipinski definition) is 2. The molecule has 0 atom stereocenters. The Morgan fingerprint density at radius 3 is 3.00 bits per heavy atom. The topological polar surface area (TPSA) is 77.2 Å². The van der Waals surface area contributed by atoms with E-state index in [1.165, 1.54) is 11.3 Å². The lowest BCUT2D eigenvalue weighted by Crippen LogP contribution is -2.22. The molecule has 0 fully saturated rings. The van der Waals surface area contributed by atoms with Gasteiger partial charge in [-0.25, -0.2) is 0 Å². The molecule has 100 valence electrons. The van der Waals surface area contributed by atoms with E-state index in [4.69, 9.17) is 10.5 Å². The smallest absolute Gasteiger partial charge is 0.251 e. The number of benzene rings is 1. The zero-order chi connectivity index (χ0) is 13.7. The molecule has 0 aliphatic heterocycles. The minimum absolute atomic E-state index is 0.179. The van der Waals surface area contributed by atoms with Crippen molar-refractivity contribution in [2.24, 2.45) is 0 Å². The van der Waals surface area contributed by atoms with Crippen LogP contribution in [0.2, 0.25) is 0 Å². The van der Waals surface area contributed by atoms with Gasteiger partial charge in [-0.3, -0.25) is 9.78 Å². The average Bonchev–Trinajstić information content (AvgIpc) is 2.88. The summed E-state index contributed by atoms with van der Waals surface area (Å²) in [6.45, 7) is 2.88. The maximum atomic E-state index is 12.0. The molecule has 0 bridgehead atoms. The fourth-order valence-electron chi connectivity index (χ4n) is 1.60. The highest BCUT2D eigenvalue weighted by Crippen LogP contribution is 2.19. The number of nitrogen functional groups attached to an aromatic ring is 1. The summed E-state index contributed by atoms with van der Waals surface area (Å²) >= 11 is 1.50. The van der Waals surface area contributed by atoms with Crippen molar-refractivity contribution in [1.82, 2.24) is 10.3 Å². The summed E-state index contributed by atoms with van der Waals surface area (Å²) in [5.74, 6) is 0.423. The van der Waals surface area contributed by atoms with E-state index in [0.29, 0.717) is 30.2 Å². The molecule has 1 aromatic carbocycles. The highest BCUT2D eigenvalue weighted by atomic mass is 32.1. The molecule has 0 aliphatic carbocycles. The number of nitrogens with two attached hydrogens (primary N) is 1. The maximum absolute atomic E-state index is 12.0. The van der Waals surface area contributed by atoms with Crippen LogP contribution in [0.1, 0.15) is 22.2 Å². The van der Waals surface area contributed by atoms with Crippen LogP contribution in [0, 0.1) is 0 Å². The molecule has 0 aliphatic rings. The van der Waals surface area contributed by atoms with Crippen LogP contribution >= 0.6 is 11.3 Å². The Balaban J connectivity index is 2.05. The van der Waals surface area contributed by atoms with Gasteiger partial charge in [0.05, 0.1) is 18.7 Å². The van der Waals surface area contributed by atoms with Crippen LogP contribution < -0.4 is 15.8 Å². The van der Waals surface area contributed by atoms with E-state index in [2.05, 4.69) is 10.3 Å². The first-order valence-corrected chi connectivity index (χ1v) is 6.76. The van der Waals surface area contributed by atoms with Crippen molar-refractivity contribution in [2.45, 2.75) is 13.5 Å². The van der Waals surface area contributed by atoms with Crippen molar-refractivity contribution >= 4 is 22.9 Å². The Bertz CT molecular complexity index is 555. The Morgan fingerprint density at radius 1 is 1.47 bits per heavy atom. The van der Waals surface area contributed by atoms with Crippen molar-refractivity contribution in [3.05, 3.63) is 40.3 Å². The second kappa shape index (κ2) is 6.19. The summed E-state index contributed by atoms with van der Waals surface area (Å²) in [4.78, 5) is 17.0. The van der Waals surface area contributed by atoms with E-state index in [9.17, 15) is 4.79 Å². The number of hydrogen-bond acceptors (Lipinski definition) is 5. The second-order valence-electron chi connectivity index (χ2n) is 3.87. The molecule has 2 rings (SSSR count). The van der Waals surface area contributed by atoms with Crippen molar-refractivity contribution < 1.29 is 9.53 Å². The lowest BCUT2D eigenvalue weighted by atomic mass is 10.1. The molecule has 6 heteroatoms. The molecule has 0 unspecified atom stereocenters. The standard InChI is InChI=1S/C13H15N3O2S/c1-2-18-11-4-9(3-10(14)5-11)13(17)16-7-12-6-15-8-19-12/h3-6,8H,2,7,14H2,1H3,(H,16,17). The van der Waals surface area contributed by atoms with E-state index in [0.717, 1.165) is 4.88 Å². The fourth-order valence-corrected chi connectivity index (χ4v) is 2.14. The van der Waals surface area contributed by atoms with Crippen molar-refractivity contribution in [2.75, 3.05) is 12.3 Å². The molecule has 1 aromatic heterocycles. The van der Waals surface area contributed by atoms with Gasteiger partial charge in [-0.2, -0.15) is 0 Å². The minimum atomic E-state index is -0.179. The number of amides is 1. The van der Waals surface area contributed by atoms with Crippen LogP contribution in [-0.4, -0.2) is 17.5 Å². The van der Waals surface area contributed by atoms with Gasteiger partial charge in [0.1, 0.15) is 5.75 Å². The van der Waals surface area contributed by atoms with Crippen molar-refractivity contribution in [3.8, 4) is 5.75 Å². The van der Waals surface area contributed by atoms with Crippen LogP contribution in [0.15, 0.2) is 29.9 Å². The van der Waals surface area contributed by atoms with E-state index < -0.39 is 0 Å². The summed E-state index contributed by atoms with van der Waals surface area (Å²) < 4.78 is 5.36. The first kappa shape index (κ1) is 13.4. The summed E-state index contributed by atoms with van der Waals surface area (Å²) in [6.07, 6.45) is 1.73. The van der Waals surface area contributed by atoms with Gasteiger partial charge in [0.25, 0.3) is 5.91 Å². The van der Waals surface area contributed by atoms with Gasteiger partial charge in [0.2, 0.25) is 0 Å². The third-order valence-corrected chi connectivity index (χ3v) is 3.19. The van der Waals surface area contributed by atoms with Crippen molar-refractivity contribution in [3.63, 3.8) is 0 Å². The number of thiazole rings is 1. The first-order chi connectivity index (χ1) is 9.19. The Hall–Kier alpha value is -2.08.